The van der Waals surface area contributed by atoms with Gasteiger partial charge in [0.05, 0.1) is 18.9 Å². The van der Waals surface area contributed by atoms with E-state index in [2.05, 4.69) is 13.8 Å². The molecule has 25 heavy (non-hydrogen) atoms. The van der Waals surface area contributed by atoms with Gasteiger partial charge in [0.1, 0.15) is 5.75 Å². The van der Waals surface area contributed by atoms with Crippen LogP contribution in [0.2, 0.25) is 0 Å². The first-order chi connectivity index (χ1) is 11.9. The van der Waals surface area contributed by atoms with E-state index in [0.29, 0.717) is 32.0 Å². The summed E-state index contributed by atoms with van der Waals surface area (Å²) in [7, 11) is 0. The number of aliphatic carboxylic acids is 1. The van der Waals surface area contributed by atoms with E-state index in [0.717, 1.165) is 30.6 Å². The molecule has 1 saturated heterocycles. The first kappa shape index (κ1) is 17.8. The maximum absolute atomic E-state index is 12.5. The Balaban J connectivity index is 1.47. The van der Waals surface area contributed by atoms with Crippen molar-refractivity contribution in [1.82, 2.24) is 4.90 Å². The fourth-order valence-corrected chi connectivity index (χ4v) is 3.70. The first-order valence-corrected chi connectivity index (χ1v) is 9.12. The quantitative estimate of drug-likeness (QED) is 0.861. The summed E-state index contributed by atoms with van der Waals surface area (Å²) in [6.45, 7) is 6.26. The average molecular weight is 345 g/mol. The van der Waals surface area contributed by atoms with Gasteiger partial charge in [0.2, 0.25) is 5.91 Å². The molecule has 5 heteroatoms. The Morgan fingerprint density at radius 1 is 1.24 bits per heavy atom. The van der Waals surface area contributed by atoms with Gasteiger partial charge in [-0.15, -0.1) is 0 Å². The minimum absolute atomic E-state index is 0.0297. The van der Waals surface area contributed by atoms with Gasteiger partial charge in [-0.3, -0.25) is 9.59 Å². The third-order valence-corrected chi connectivity index (χ3v) is 5.46. The van der Waals surface area contributed by atoms with E-state index in [4.69, 9.17) is 9.84 Å². The van der Waals surface area contributed by atoms with E-state index in [9.17, 15) is 9.59 Å². The smallest absolute Gasteiger partial charge is 0.307 e. The molecule has 1 amide bonds. The van der Waals surface area contributed by atoms with Gasteiger partial charge in [-0.25, -0.2) is 0 Å². The van der Waals surface area contributed by atoms with Gasteiger partial charge in [0.25, 0.3) is 0 Å². The molecule has 2 fully saturated rings. The zero-order valence-electron chi connectivity index (χ0n) is 15.0. The Hall–Kier alpha value is -2.04. The first-order valence-electron chi connectivity index (χ1n) is 9.12. The number of ether oxygens (including phenoxy) is 1. The van der Waals surface area contributed by atoms with Gasteiger partial charge in [-0.1, -0.05) is 26.0 Å². The number of piperidine rings is 1. The lowest BCUT2D eigenvalue weighted by atomic mass is 9.90. The molecule has 136 valence electrons. The molecule has 2 aliphatic rings. The molecule has 1 aromatic carbocycles. The number of hydrogen-bond donors (Lipinski definition) is 1. The SMILES string of the molecule is CC(C)COc1ccc(CC(=O)N2CCC3(CC2)CC3C(=O)O)cc1. The lowest BCUT2D eigenvalue weighted by Gasteiger charge is -2.32. The highest BCUT2D eigenvalue weighted by molar-refractivity contribution is 5.79. The number of carboxylic acid groups (broad SMARTS) is 1. The third-order valence-electron chi connectivity index (χ3n) is 5.46. The van der Waals surface area contributed by atoms with Crippen LogP contribution in [-0.4, -0.2) is 41.6 Å². The maximum atomic E-state index is 12.5. The lowest BCUT2D eigenvalue weighted by Crippen LogP contribution is -2.40. The topological polar surface area (TPSA) is 66.8 Å². The number of carbonyl (C=O) groups is 2. The van der Waals surface area contributed by atoms with Crippen molar-refractivity contribution in [2.24, 2.45) is 17.3 Å². The zero-order chi connectivity index (χ0) is 18.0. The molecular formula is C20H27NO4. The van der Waals surface area contributed by atoms with Crippen LogP contribution < -0.4 is 4.74 Å². The minimum Gasteiger partial charge on any atom is -0.493 e. The van der Waals surface area contributed by atoms with Crippen molar-refractivity contribution in [3.8, 4) is 5.75 Å². The molecule has 1 N–H and O–H groups in total. The average Bonchev–Trinajstić information content (AvgIpc) is 3.28. The van der Waals surface area contributed by atoms with Crippen molar-refractivity contribution >= 4 is 11.9 Å². The van der Waals surface area contributed by atoms with Crippen LogP contribution in [0, 0.1) is 17.3 Å². The number of benzene rings is 1. The van der Waals surface area contributed by atoms with Crippen LogP contribution in [0.4, 0.5) is 0 Å². The summed E-state index contributed by atoms with van der Waals surface area (Å²) in [5, 5.41) is 9.14. The summed E-state index contributed by atoms with van der Waals surface area (Å²) in [5.74, 6) is 0.565. The lowest BCUT2D eigenvalue weighted by molar-refractivity contribution is -0.139. The zero-order valence-corrected chi connectivity index (χ0v) is 15.0. The number of nitrogens with zero attached hydrogens (tertiary/aromatic N) is 1. The Bertz CT molecular complexity index is 630. The van der Waals surface area contributed by atoms with Crippen LogP contribution in [0.25, 0.3) is 0 Å². The normalized spacial score (nSPS) is 21.4. The number of rotatable bonds is 6. The molecule has 0 aromatic heterocycles. The minimum atomic E-state index is -0.681. The van der Waals surface area contributed by atoms with Crippen molar-refractivity contribution in [3.05, 3.63) is 29.8 Å². The highest BCUT2D eigenvalue weighted by Crippen LogP contribution is 2.59. The van der Waals surface area contributed by atoms with Gasteiger partial charge < -0.3 is 14.7 Å². The van der Waals surface area contributed by atoms with E-state index in [-0.39, 0.29) is 17.2 Å². The molecule has 1 unspecified atom stereocenters. The predicted octanol–water partition coefficient (Wildman–Crippen LogP) is 2.98. The summed E-state index contributed by atoms with van der Waals surface area (Å²) in [4.78, 5) is 25.5. The summed E-state index contributed by atoms with van der Waals surface area (Å²) < 4.78 is 5.66. The fourth-order valence-electron chi connectivity index (χ4n) is 3.70. The second kappa shape index (κ2) is 7.06. The molecule has 1 atom stereocenters. The van der Waals surface area contributed by atoms with Gasteiger partial charge in [0.15, 0.2) is 0 Å². The summed E-state index contributed by atoms with van der Waals surface area (Å²) >= 11 is 0. The van der Waals surface area contributed by atoms with Crippen molar-refractivity contribution in [2.75, 3.05) is 19.7 Å². The van der Waals surface area contributed by atoms with Crippen LogP contribution in [-0.2, 0) is 16.0 Å². The van der Waals surface area contributed by atoms with Crippen molar-refractivity contribution in [2.45, 2.75) is 39.5 Å². The molecular weight excluding hydrogens is 318 g/mol. The molecule has 1 aliphatic carbocycles. The van der Waals surface area contributed by atoms with Crippen LogP contribution in [0.5, 0.6) is 5.75 Å². The second-order valence-corrected chi connectivity index (χ2v) is 7.86. The fraction of sp³-hybridized carbons (Fsp3) is 0.600. The molecule has 1 aliphatic heterocycles. The summed E-state index contributed by atoms with van der Waals surface area (Å²) in [6, 6.07) is 7.72. The molecule has 1 aromatic rings. The highest BCUT2D eigenvalue weighted by Gasteiger charge is 2.59. The van der Waals surface area contributed by atoms with Crippen molar-refractivity contribution < 1.29 is 19.4 Å². The molecule has 1 saturated carbocycles. The summed E-state index contributed by atoms with van der Waals surface area (Å²) in [5.41, 5.74) is 0.954. The Morgan fingerprint density at radius 2 is 1.88 bits per heavy atom. The molecule has 0 bridgehead atoms. The van der Waals surface area contributed by atoms with Gasteiger partial charge >= 0.3 is 5.97 Å². The third kappa shape index (κ3) is 4.14. The van der Waals surface area contributed by atoms with Crippen molar-refractivity contribution in [3.63, 3.8) is 0 Å². The van der Waals surface area contributed by atoms with Gasteiger partial charge in [-0.05, 0) is 48.3 Å². The van der Waals surface area contributed by atoms with E-state index >= 15 is 0 Å². The van der Waals surface area contributed by atoms with E-state index in [1.165, 1.54) is 0 Å². The second-order valence-electron chi connectivity index (χ2n) is 7.86. The number of hydrogen-bond acceptors (Lipinski definition) is 3. The molecule has 1 spiro atoms. The van der Waals surface area contributed by atoms with Crippen LogP contribution in [0.15, 0.2) is 24.3 Å². The van der Waals surface area contributed by atoms with Crippen LogP contribution in [0.1, 0.15) is 38.7 Å². The molecule has 3 rings (SSSR count). The largest absolute Gasteiger partial charge is 0.493 e. The number of amides is 1. The molecule has 5 nitrogen and oxygen atoms in total. The summed E-state index contributed by atoms with van der Waals surface area (Å²) in [6.07, 6.45) is 2.80. The van der Waals surface area contributed by atoms with E-state index < -0.39 is 5.97 Å². The van der Waals surface area contributed by atoms with Crippen LogP contribution in [0.3, 0.4) is 0 Å². The predicted molar refractivity (Wildman–Crippen MR) is 94.5 cm³/mol. The van der Waals surface area contributed by atoms with Gasteiger partial charge in [0, 0.05) is 13.1 Å². The molecule has 1 heterocycles. The number of carboxylic acids is 1. The number of likely N-dealkylation sites (tertiary alicyclic amines) is 1. The van der Waals surface area contributed by atoms with Crippen molar-refractivity contribution in [1.29, 1.82) is 0 Å². The Kier molecular flexibility index (Phi) is 5.02. The Morgan fingerprint density at radius 3 is 2.40 bits per heavy atom. The van der Waals surface area contributed by atoms with Crippen LogP contribution >= 0.6 is 0 Å². The van der Waals surface area contributed by atoms with E-state index in [1.54, 1.807) is 0 Å². The molecule has 0 radical (unpaired) electrons. The Labute approximate surface area is 149 Å². The highest BCUT2D eigenvalue weighted by atomic mass is 16.5. The number of carbonyl (C=O) groups excluding carboxylic acids is 1. The standard InChI is InChI=1S/C20H27NO4/c1-14(2)13-25-16-5-3-15(4-6-16)11-18(22)21-9-7-20(8-10-21)12-17(20)19(23)24/h3-6,14,17H,7-13H2,1-2H3,(H,23,24). The van der Waals surface area contributed by atoms with E-state index in [1.807, 2.05) is 29.2 Å². The maximum Gasteiger partial charge on any atom is 0.307 e. The monoisotopic (exact) mass is 345 g/mol. The van der Waals surface area contributed by atoms with Gasteiger partial charge in [-0.2, -0.15) is 0 Å².